The minimum absolute atomic E-state index is 0.161. The highest BCUT2D eigenvalue weighted by atomic mass is 32.1. The summed E-state index contributed by atoms with van der Waals surface area (Å²) in [5.74, 6) is 1.58. The lowest BCUT2D eigenvalue weighted by Crippen LogP contribution is -2.86. The summed E-state index contributed by atoms with van der Waals surface area (Å²) in [6, 6.07) is 10.1. The van der Waals surface area contributed by atoms with Gasteiger partial charge in [0, 0.05) is 29.8 Å². The molecule has 0 saturated heterocycles. The molecule has 0 spiro atoms. The summed E-state index contributed by atoms with van der Waals surface area (Å²) in [6.07, 6.45) is 1.71. The standard InChI is InChI=1S/C22H32N2O4S/c1-17-6-8-19(29-17)16-24(22(25)15-23-11-5-13-26-2)12-10-18-7-9-20(27-3)21(14-18)28-4/h6-9,14,23H,5,10-13,15-16H2,1-4H3/p+1. The third-order valence-electron chi connectivity index (χ3n) is 4.69. The Morgan fingerprint density at radius 3 is 2.55 bits per heavy atom. The van der Waals surface area contributed by atoms with Gasteiger partial charge >= 0.3 is 0 Å². The number of ether oxygens (including phenoxy) is 3. The van der Waals surface area contributed by atoms with Crippen molar-refractivity contribution in [3.8, 4) is 11.5 Å². The fraction of sp³-hybridized carbons (Fsp3) is 0.500. The van der Waals surface area contributed by atoms with Gasteiger partial charge in [-0.3, -0.25) is 4.79 Å². The summed E-state index contributed by atoms with van der Waals surface area (Å²) >= 11 is 1.74. The van der Waals surface area contributed by atoms with Gasteiger partial charge in [-0.05, 0) is 43.2 Å². The van der Waals surface area contributed by atoms with E-state index in [1.165, 1.54) is 9.75 Å². The zero-order valence-corrected chi connectivity index (χ0v) is 18.7. The number of benzene rings is 1. The molecule has 0 bridgehead atoms. The van der Waals surface area contributed by atoms with E-state index in [0.717, 1.165) is 31.6 Å². The van der Waals surface area contributed by atoms with Crippen molar-refractivity contribution in [2.24, 2.45) is 0 Å². The summed E-state index contributed by atoms with van der Waals surface area (Å²) in [4.78, 5) is 17.3. The first kappa shape index (κ1) is 23.2. The molecule has 1 aromatic heterocycles. The van der Waals surface area contributed by atoms with Crippen molar-refractivity contribution < 1.29 is 24.3 Å². The highest BCUT2D eigenvalue weighted by molar-refractivity contribution is 7.11. The Morgan fingerprint density at radius 1 is 1.10 bits per heavy atom. The maximum atomic E-state index is 12.9. The fourth-order valence-electron chi connectivity index (χ4n) is 3.08. The summed E-state index contributed by atoms with van der Waals surface area (Å²) in [5, 5.41) is 2.06. The van der Waals surface area contributed by atoms with Crippen LogP contribution in [0.5, 0.6) is 11.5 Å². The van der Waals surface area contributed by atoms with Crippen molar-refractivity contribution >= 4 is 17.2 Å². The van der Waals surface area contributed by atoms with E-state index >= 15 is 0 Å². The molecule has 0 unspecified atom stereocenters. The third kappa shape index (κ3) is 7.68. The summed E-state index contributed by atoms with van der Waals surface area (Å²) in [7, 11) is 4.96. The Hall–Kier alpha value is -2.09. The second-order valence-electron chi connectivity index (χ2n) is 6.89. The van der Waals surface area contributed by atoms with E-state index in [2.05, 4.69) is 24.4 Å². The highest BCUT2D eigenvalue weighted by Crippen LogP contribution is 2.28. The largest absolute Gasteiger partial charge is 0.493 e. The Labute approximate surface area is 177 Å². The maximum absolute atomic E-state index is 12.9. The van der Waals surface area contributed by atoms with Crippen LogP contribution in [0.15, 0.2) is 30.3 Å². The molecule has 6 nitrogen and oxygen atoms in total. The van der Waals surface area contributed by atoms with Crippen LogP contribution in [0, 0.1) is 6.92 Å². The van der Waals surface area contributed by atoms with Crippen LogP contribution in [0.25, 0.3) is 0 Å². The van der Waals surface area contributed by atoms with E-state index in [0.29, 0.717) is 31.1 Å². The van der Waals surface area contributed by atoms with Crippen LogP contribution in [0.3, 0.4) is 0 Å². The number of aryl methyl sites for hydroxylation is 1. The molecule has 1 aromatic carbocycles. The number of thiophene rings is 1. The van der Waals surface area contributed by atoms with E-state index in [1.54, 1.807) is 32.7 Å². The summed E-state index contributed by atoms with van der Waals surface area (Å²) in [6.45, 7) is 5.48. The first-order valence-electron chi connectivity index (χ1n) is 9.92. The number of hydrogen-bond donors (Lipinski definition) is 1. The van der Waals surface area contributed by atoms with Crippen LogP contribution in [0.1, 0.15) is 21.7 Å². The van der Waals surface area contributed by atoms with Crippen molar-refractivity contribution in [3.05, 3.63) is 45.6 Å². The number of methoxy groups -OCH3 is 3. The molecular weight excluding hydrogens is 388 g/mol. The van der Waals surface area contributed by atoms with Crippen LogP contribution in [0.4, 0.5) is 0 Å². The third-order valence-corrected chi connectivity index (χ3v) is 5.67. The van der Waals surface area contributed by atoms with Crippen molar-refractivity contribution in [1.29, 1.82) is 0 Å². The average molecular weight is 422 g/mol. The molecule has 0 aliphatic rings. The number of amides is 1. The topological polar surface area (TPSA) is 64.6 Å². The molecule has 0 radical (unpaired) electrons. The minimum atomic E-state index is 0.161. The van der Waals surface area contributed by atoms with E-state index < -0.39 is 0 Å². The number of quaternary nitrogens is 1. The first-order valence-corrected chi connectivity index (χ1v) is 10.7. The molecule has 29 heavy (non-hydrogen) atoms. The normalized spacial score (nSPS) is 10.8. The lowest BCUT2D eigenvalue weighted by molar-refractivity contribution is -0.645. The molecule has 0 aliphatic heterocycles. The molecule has 0 fully saturated rings. The molecule has 2 aromatic rings. The van der Waals surface area contributed by atoms with Gasteiger partial charge in [-0.2, -0.15) is 0 Å². The number of nitrogens with zero attached hydrogens (tertiary/aromatic N) is 1. The summed E-state index contributed by atoms with van der Waals surface area (Å²) < 4.78 is 15.8. The van der Waals surface area contributed by atoms with Crippen molar-refractivity contribution in [2.75, 3.05) is 47.6 Å². The van der Waals surface area contributed by atoms with Gasteiger partial charge in [-0.25, -0.2) is 0 Å². The number of rotatable bonds is 13. The molecule has 7 heteroatoms. The Bertz CT molecular complexity index is 763. The van der Waals surface area contributed by atoms with Crippen molar-refractivity contribution in [1.82, 2.24) is 4.90 Å². The lowest BCUT2D eigenvalue weighted by atomic mass is 10.1. The number of carbonyl (C=O) groups is 1. The quantitative estimate of drug-likeness (QED) is 0.504. The second-order valence-corrected chi connectivity index (χ2v) is 8.27. The SMILES string of the molecule is COCCC[NH2+]CC(=O)N(CCc1ccc(OC)c(OC)c1)Cc1ccc(C)s1. The molecule has 0 aliphatic carbocycles. The number of hydrogen-bond acceptors (Lipinski definition) is 5. The van der Waals surface area contributed by atoms with Gasteiger partial charge < -0.3 is 24.4 Å². The number of carbonyl (C=O) groups excluding carboxylic acids is 1. The second kappa shape index (κ2) is 12.5. The molecule has 2 rings (SSSR count). The van der Waals surface area contributed by atoms with Gasteiger partial charge in [0.1, 0.15) is 0 Å². The molecule has 0 saturated carbocycles. The number of nitrogens with two attached hydrogens (primary N) is 1. The van der Waals surface area contributed by atoms with Crippen molar-refractivity contribution in [3.63, 3.8) is 0 Å². The van der Waals surface area contributed by atoms with Gasteiger partial charge in [0.25, 0.3) is 5.91 Å². The molecule has 1 amide bonds. The predicted molar refractivity (Wildman–Crippen MR) is 116 cm³/mol. The zero-order valence-electron chi connectivity index (χ0n) is 17.9. The predicted octanol–water partition coefficient (Wildman–Crippen LogP) is 2.24. The fourth-order valence-corrected chi connectivity index (χ4v) is 3.98. The highest BCUT2D eigenvalue weighted by Gasteiger charge is 2.17. The van der Waals surface area contributed by atoms with E-state index in [4.69, 9.17) is 14.2 Å². The first-order chi connectivity index (χ1) is 14.1. The van der Waals surface area contributed by atoms with Crippen LogP contribution in [-0.4, -0.2) is 58.4 Å². The Balaban J connectivity index is 1.99. The molecule has 0 atom stereocenters. The molecule has 1 heterocycles. The van der Waals surface area contributed by atoms with Gasteiger partial charge in [-0.1, -0.05) is 6.07 Å². The lowest BCUT2D eigenvalue weighted by Gasteiger charge is -2.22. The van der Waals surface area contributed by atoms with Gasteiger partial charge in [0.2, 0.25) is 0 Å². The van der Waals surface area contributed by atoms with Crippen LogP contribution >= 0.6 is 11.3 Å². The van der Waals surface area contributed by atoms with E-state index in [1.807, 2.05) is 23.1 Å². The van der Waals surface area contributed by atoms with Crippen LogP contribution < -0.4 is 14.8 Å². The summed E-state index contributed by atoms with van der Waals surface area (Å²) in [5.41, 5.74) is 1.12. The van der Waals surface area contributed by atoms with Crippen molar-refractivity contribution in [2.45, 2.75) is 26.3 Å². The minimum Gasteiger partial charge on any atom is -0.493 e. The Kier molecular flexibility index (Phi) is 9.97. The monoisotopic (exact) mass is 421 g/mol. The van der Waals surface area contributed by atoms with Gasteiger partial charge in [0.15, 0.2) is 18.0 Å². The van der Waals surface area contributed by atoms with E-state index in [-0.39, 0.29) is 5.91 Å². The zero-order chi connectivity index (χ0) is 21.1. The molecule has 160 valence electrons. The van der Waals surface area contributed by atoms with Gasteiger partial charge in [-0.15, -0.1) is 11.3 Å². The van der Waals surface area contributed by atoms with Crippen LogP contribution in [-0.2, 0) is 22.5 Å². The van der Waals surface area contributed by atoms with E-state index in [9.17, 15) is 4.79 Å². The molecule has 2 N–H and O–H groups in total. The average Bonchev–Trinajstić information content (AvgIpc) is 3.15. The van der Waals surface area contributed by atoms with Gasteiger partial charge in [0.05, 0.1) is 33.9 Å². The maximum Gasteiger partial charge on any atom is 0.278 e. The Morgan fingerprint density at radius 2 is 1.90 bits per heavy atom. The smallest absolute Gasteiger partial charge is 0.278 e. The van der Waals surface area contributed by atoms with Crippen LogP contribution in [0.2, 0.25) is 0 Å². The molecular formula is C22H33N2O4S+.